The van der Waals surface area contributed by atoms with Gasteiger partial charge in [-0.2, -0.15) is 5.10 Å². The predicted octanol–water partition coefficient (Wildman–Crippen LogP) is 2.59. The molecule has 0 bridgehead atoms. The average molecular weight is 229 g/mol. The van der Waals surface area contributed by atoms with Crippen LogP contribution in [0.25, 0.3) is 0 Å². The summed E-state index contributed by atoms with van der Waals surface area (Å²) >= 11 is 0. The molecule has 0 aliphatic heterocycles. The van der Waals surface area contributed by atoms with Gasteiger partial charge in [-0.1, -0.05) is 12.1 Å². The first-order valence-electron chi connectivity index (χ1n) is 5.47. The highest BCUT2D eigenvalue weighted by molar-refractivity contribution is 6.03. The molecule has 0 saturated carbocycles. The van der Waals surface area contributed by atoms with Crippen LogP contribution in [0.1, 0.15) is 27.3 Å². The largest absolute Gasteiger partial charge is 0.320 e. The number of hydrogen-bond acceptors (Lipinski definition) is 2. The summed E-state index contributed by atoms with van der Waals surface area (Å²) in [6, 6.07) is 7.55. The second-order valence-electron chi connectivity index (χ2n) is 4.14. The number of aromatic nitrogens is 2. The smallest absolute Gasteiger partial charge is 0.276 e. The highest BCUT2D eigenvalue weighted by Gasteiger charge is 2.10. The number of aromatic amines is 1. The fraction of sp³-hybridized carbons (Fsp3) is 0.231. The number of carbonyl (C=O) groups excluding carboxylic acids is 1. The van der Waals surface area contributed by atoms with Crippen molar-refractivity contribution in [1.82, 2.24) is 10.2 Å². The first-order valence-corrected chi connectivity index (χ1v) is 5.47. The number of aryl methyl sites for hydroxylation is 2. The van der Waals surface area contributed by atoms with Gasteiger partial charge >= 0.3 is 0 Å². The van der Waals surface area contributed by atoms with Crippen LogP contribution in [-0.4, -0.2) is 16.1 Å². The molecule has 0 radical (unpaired) electrons. The molecular formula is C13H15N3O. The van der Waals surface area contributed by atoms with Gasteiger partial charge in [0, 0.05) is 11.4 Å². The summed E-state index contributed by atoms with van der Waals surface area (Å²) in [7, 11) is 0. The van der Waals surface area contributed by atoms with Crippen molar-refractivity contribution in [2.24, 2.45) is 0 Å². The zero-order valence-corrected chi connectivity index (χ0v) is 10.2. The van der Waals surface area contributed by atoms with Crippen LogP contribution in [0, 0.1) is 20.8 Å². The number of carbonyl (C=O) groups is 1. The molecule has 2 aromatic rings. The van der Waals surface area contributed by atoms with E-state index in [1.54, 1.807) is 6.07 Å². The Bertz CT molecular complexity index is 558. The molecule has 88 valence electrons. The van der Waals surface area contributed by atoms with Crippen LogP contribution in [-0.2, 0) is 0 Å². The van der Waals surface area contributed by atoms with Gasteiger partial charge < -0.3 is 5.32 Å². The van der Waals surface area contributed by atoms with Gasteiger partial charge in [-0.05, 0) is 44.0 Å². The van der Waals surface area contributed by atoms with E-state index in [2.05, 4.69) is 15.5 Å². The number of H-pyrrole nitrogens is 1. The van der Waals surface area contributed by atoms with Crippen molar-refractivity contribution in [2.45, 2.75) is 20.8 Å². The second-order valence-corrected chi connectivity index (χ2v) is 4.14. The number of nitrogens with one attached hydrogen (secondary N) is 2. The van der Waals surface area contributed by atoms with Crippen LogP contribution >= 0.6 is 0 Å². The Hall–Kier alpha value is -2.10. The third-order valence-electron chi connectivity index (χ3n) is 2.79. The summed E-state index contributed by atoms with van der Waals surface area (Å²) in [5.41, 5.74) is 4.34. The van der Waals surface area contributed by atoms with Gasteiger partial charge in [0.05, 0.1) is 0 Å². The molecule has 1 aromatic carbocycles. The molecule has 1 amide bonds. The molecule has 0 atom stereocenters. The molecular weight excluding hydrogens is 214 g/mol. The summed E-state index contributed by atoms with van der Waals surface area (Å²) < 4.78 is 0. The van der Waals surface area contributed by atoms with Crippen molar-refractivity contribution in [3.63, 3.8) is 0 Å². The van der Waals surface area contributed by atoms with Gasteiger partial charge in [-0.3, -0.25) is 9.89 Å². The first-order chi connectivity index (χ1) is 8.08. The molecule has 1 aromatic heterocycles. The van der Waals surface area contributed by atoms with Gasteiger partial charge in [0.15, 0.2) is 5.69 Å². The standard InChI is InChI=1S/C13H15N3O/c1-8-5-4-6-11(10(8)3)14-13(17)12-7-9(2)15-16-12/h4-7H,1-3H3,(H,14,17)(H,15,16). The maximum Gasteiger partial charge on any atom is 0.276 e. The van der Waals surface area contributed by atoms with E-state index >= 15 is 0 Å². The molecule has 0 saturated heterocycles. The molecule has 2 N–H and O–H groups in total. The van der Waals surface area contributed by atoms with Crippen molar-refractivity contribution < 1.29 is 4.79 Å². The number of rotatable bonds is 2. The Morgan fingerprint density at radius 3 is 2.71 bits per heavy atom. The SMILES string of the molecule is Cc1cc(C(=O)Nc2cccc(C)c2C)n[nH]1. The third-order valence-corrected chi connectivity index (χ3v) is 2.79. The maximum absolute atomic E-state index is 11.9. The van der Waals surface area contributed by atoms with Crippen molar-refractivity contribution in [2.75, 3.05) is 5.32 Å². The molecule has 17 heavy (non-hydrogen) atoms. The lowest BCUT2D eigenvalue weighted by Gasteiger charge is -2.08. The Labute approximate surface area is 100 Å². The lowest BCUT2D eigenvalue weighted by Crippen LogP contribution is -2.13. The molecule has 2 rings (SSSR count). The molecule has 4 heteroatoms. The highest BCUT2D eigenvalue weighted by atomic mass is 16.1. The minimum absolute atomic E-state index is 0.192. The van der Waals surface area contributed by atoms with E-state index in [0.29, 0.717) is 5.69 Å². The lowest BCUT2D eigenvalue weighted by atomic mass is 10.1. The molecule has 4 nitrogen and oxygen atoms in total. The number of benzene rings is 1. The Kier molecular flexibility index (Phi) is 2.95. The normalized spacial score (nSPS) is 10.3. The number of amides is 1. The topological polar surface area (TPSA) is 57.8 Å². The van der Waals surface area contributed by atoms with E-state index in [0.717, 1.165) is 22.5 Å². The highest BCUT2D eigenvalue weighted by Crippen LogP contribution is 2.18. The summed E-state index contributed by atoms with van der Waals surface area (Å²) in [5, 5.41) is 9.54. The van der Waals surface area contributed by atoms with E-state index in [9.17, 15) is 4.79 Å². The monoisotopic (exact) mass is 229 g/mol. The van der Waals surface area contributed by atoms with Crippen molar-refractivity contribution >= 4 is 11.6 Å². The van der Waals surface area contributed by atoms with Crippen LogP contribution in [0.4, 0.5) is 5.69 Å². The van der Waals surface area contributed by atoms with Crippen LogP contribution in [0.3, 0.4) is 0 Å². The molecule has 0 aliphatic rings. The lowest BCUT2D eigenvalue weighted by molar-refractivity contribution is 0.102. The minimum atomic E-state index is -0.192. The first kappa shape index (κ1) is 11.4. The van der Waals surface area contributed by atoms with Crippen LogP contribution in [0.15, 0.2) is 24.3 Å². The van der Waals surface area contributed by atoms with E-state index in [1.165, 1.54) is 0 Å². The Balaban J connectivity index is 2.21. The third kappa shape index (κ3) is 2.36. The van der Waals surface area contributed by atoms with Crippen molar-refractivity contribution in [1.29, 1.82) is 0 Å². The number of hydrogen-bond donors (Lipinski definition) is 2. The summed E-state index contributed by atoms with van der Waals surface area (Å²) in [4.78, 5) is 11.9. The predicted molar refractivity (Wildman–Crippen MR) is 67.2 cm³/mol. The number of nitrogens with zero attached hydrogens (tertiary/aromatic N) is 1. The van der Waals surface area contributed by atoms with Crippen molar-refractivity contribution in [3.8, 4) is 0 Å². The van der Waals surface area contributed by atoms with E-state index in [-0.39, 0.29) is 5.91 Å². The second kappa shape index (κ2) is 4.41. The van der Waals surface area contributed by atoms with Gasteiger partial charge in [0.1, 0.15) is 0 Å². The minimum Gasteiger partial charge on any atom is -0.320 e. The maximum atomic E-state index is 11.9. The average Bonchev–Trinajstić information content (AvgIpc) is 2.72. The molecule has 1 heterocycles. The van der Waals surface area contributed by atoms with E-state index in [1.807, 2.05) is 39.0 Å². The zero-order chi connectivity index (χ0) is 12.4. The van der Waals surface area contributed by atoms with Crippen LogP contribution < -0.4 is 5.32 Å². The van der Waals surface area contributed by atoms with Gasteiger partial charge in [-0.25, -0.2) is 0 Å². The molecule has 0 unspecified atom stereocenters. The Morgan fingerprint density at radius 1 is 1.29 bits per heavy atom. The van der Waals surface area contributed by atoms with E-state index < -0.39 is 0 Å². The fourth-order valence-corrected chi connectivity index (χ4v) is 1.61. The molecule has 0 spiro atoms. The summed E-state index contributed by atoms with van der Waals surface area (Å²) in [5.74, 6) is -0.192. The molecule has 0 aliphatic carbocycles. The van der Waals surface area contributed by atoms with Gasteiger partial charge in [-0.15, -0.1) is 0 Å². The quantitative estimate of drug-likeness (QED) is 0.831. The molecule has 0 fully saturated rings. The summed E-state index contributed by atoms with van der Waals surface area (Å²) in [6.07, 6.45) is 0. The van der Waals surface area contributed by atoms with Crippen LogP contribution in [0.5, 0.6) is 0 Å². The number of anilines is 1. The van der Waals surface area contributed by atoms with E-state index in [4.69, 9.17) is 0 Å². The van der Waals surface area contributed by atoms with Crippen LogP contribution in [0.2, 0.25) is 0 Å². The van der Waals surface area contributed by atoms with Crippen molar-refractivity contribution in [3.05, 3.63) is 46.8 Å². The zero-order valence-electron chi connectivity index (χ0n) is 10.2. The van der Waals surface area contributed by atoms with Gasteiger partial charge in [0.2, 0.25) is 0 Å². The fourth-order valence-electron chi connectivity index (χ4n) is 1.61. The Morgan fingerprint density at radius 2 is 2.06 bits per heavy atom. The van der Waals surface area contributed by atoms with Gasteiger partial charge in [0.25, 0.3) is 5.91 Å². The summed E-state index contributed by atoms with van der Waals surface area (Å²) in [6.45, 7) is 5.87.